The van der Waals surface area contributed by atoms with Crippen molar-refractivity contribution in [3.63, 3.8) is 0 Å². The zero-order chi connectivity index (χ0) is 17.0. The highest BCUT2D eigenvalue weighted by Gasteiger charge is 2.12. The van der Waals surface area contributed by atoms with E-state index in [2.05, 4.69) is 10.6 Å². The summed E-state index contributed by atoms with van der Waals surface area (Å²) in [5, 5.41) is 16.1. The molecule has 118 valence electrons. The molecule has 0 aliphatic heterocycles. The highest BCUT2D eigenvalue weighted by Crippen LogP contribution is 2.22. The number of carbonyl (C=O) groups excluding carboxylic acids is 2. The molecule has 0 aliphatic carbocycles. The Morgan fingerprint density at radius 2 is 1.70 bits per heavy atom. The number of non-ortho nitro benzene ring substituents is 1. The van der Waals surface area contributed by atoms with Crippen LogP contribution in [-0.4, -0.2) is 16.7 Å². The molecule has 2 amide bonds. The minimum absolute atomic E-state index is 0.0908. The Hall–Kier alpha value is -3.22. The van der Waals surface area contributed by atoms with Crippen molar-refractivity contribution in [2.24, 2.45) is 0 Å². The number of nitrogens with one attached hydrogen (secondary N) is 2. The second kappa shape index (κ2) is 6.69. The first-order valence-corrected chi connectivity index (χ1v) is 6.81. The molecule has 0 fully saturated rings. The molecule has 0 aliphatic rings. The molecule has 7 heteroatoms. The van der Waals surface area contributed by atoms with Gasteiger partial charge in [-0.05, 0) is 36.8 Å². The maximum atomic E-state index is 12.2. The lowest BCUT2D eigenvalue weighted by atomic mass is 10.1. The summed E-state index contributed by atoms with van der Waals surface area (Å²) < 4.78 is 0. The zero-order valence-corrected chi connectivity index (χ0v) is 12.6. The van der Waals surface area contributed by atoms with Gasteiger partial charge in [0.2, 0.25) is 5.91 Å². The van der Waals surface area contributed by atoms with Crippen molar-refractivity contribution in [1.29, 1.82) is 0 Å². The maximum absolute atomic E-state index is 12.2. The van der Waals surface area contributed by atoms with Gasteiger partial charge < -0.3 is 10.6 Å². The third-order valence-corrected chi connectivity index (χ3v) is 3.15. The fourth-order valence-corrected chi connectivity index (χ4v) is 1.96. The SMILES string of the molecule is CC(=O)Nc1ccc(C(=O)Nc2cc([N+](=O)[O-])ccc2C)cc1. The zero-order valence-electron chi connectivity index (χ0n) is 12.6. The highest BCUT2D eigenvalue weighted by molar-refractivity contribution is 6.05. The van der Waals surface area contributed by atoms with Gasteiger partial charge in [-0.2, -0.15) is 0 Å². The molecule has 0 atom stereocenters. The van der Waals surface area contributed by atoms with Crippen molar-refractivity contribution in [2.45, 2.75) is 13.8 Å². The summed E-state index contributed by atoms with van der Waals surface area (Å²) in [5.41, 5.74) is 1.98. The molecular formula is C16H15N3O4. The number of nitrogens with zero attached hydrogens (tertiary/aromatic N) is 1. The van der Waals surface area contributed by atoms with Crippen molar-refractivity contribution in [2.75, 3.05) is 10.6 Å². The van der Waals surface area contributed by atoms with E-state index in [1.165, 1.54) is 19.1 Å². The fourth-order valence-electron chi connectivity index (χ4n) is 1.96. The molecule has 2 aromatic rings. The van der Waals surface area contributed by atoms with E-state index in [4.69, 9.17) is 0 Å². The minimum Gasteiger partial charge on any atom is -0.326 e. The van der Waals surface area contributed by atoms with Gasteiger partial charge in [-0.15, -0.1) is 0 Å². The van der Waals surface area contributed by atoms with Gasteiger partial charge in [-0.1, -0.05) is 6.07 Å². The second-order valence-corrected chi connectivity index (χ2v) is 4.97. The Kier molecular flexibility index (Phi) is 4.70. The number of amides is 2. The van der Waals surface area contributed by atoms with Gasteiger partial charge in [0, 0.05) is 30.3 Å². The van der Waals surface area contributed by atoms with Gasteiger partial charge >= 0.3 is 0 Å². The Morgan fingerprint density at radius 1 is 1.04 bits per heavy atom. The van der Waals surface area contributed by atoms with E-state index < -0.39 is 4.92 Å². The van der Waals surface area contributed by atoms with Crippen LogP contribution in [0, 0.1) is 17.0 Å². The van der Waals surface area contributed by atoms with Crippen LogP contribution in [0.3, 0.4) is 0 Å². The van der Waals surface area contributed by atoms with Crippen LogP contribution in [0.15, 0.2) is 42.5 Å². The lowest BCUT2D eigenvalue weighted by Gasteiger charge is -2.09. The van der Waals surface area contributed by atoms with Gasteiger partial charge in [-0.25, -0.2) is 0 Å². The Balaban J connectivity index is 2.17. The topological polar surface area (TPSA) is 101 Å². The van der Waals surface area contributed by atoms with Crippen molar-refractivity contribution in [1.82, 2.24) is 0 Å². The minimum atomic E-state index is -0.517. The van der Waals surface area contributed by atoms with Crippen LogP contribution < -0.4 is 10.6 Å². The molecule has 23 heavy (non-hydrogen) atoms. The number of hydrogen-bond acceptors (Lipinski definition) is 4. The summed E-state index contributed by atoms with van der Waals surface area (Å²) in [6.07, 6.45) is 0. The number of nitro groups is 1. The molecule has 0 spiro atoms. The van der Waals surface area contributed by atoms with Crippen molar-refractivity contribution in [3.8, 4) is 0 Å². The number of carbonyl (C=O) groups is 2. The molecule has 0 radical (unpaired) electrons. The third-order valence-electron chi connectivity index (χ3n) is 3.15. The summed E-state index contributed by atoms with van der Waals surface area (Å²) in [5.74, 6) is -0.586. The van der Waals surface area contributed by atoms with Crippen molar-refractivity contribution >= 4 is 28.9 Å². The second-order valence-electron chi connectivity index (χ2n) is 4.97. The van der Waals surface area contributed by atoms with Crippen LogP contribution in [0.25, 0.3) is 0 Å². The van der Waals surface area contributed by atoms with E-state index in [0.29, 0.717) is 16.9 Å². The molecule has 0 saturated carbocycles. The predicted molar refractivity (Wildman–Crippen MR) is 86.5 cm³/mol. The van der Waals surface area contributed by atoms with Crippen LogP contribution in [0.5, 0.6) is 0 Å². The number of benzene rings is 2. The molecular weight excluding hydrogens is 298 g/mol. The lowest BCUT2D eigenvalue weighted by Crippen LogP contribution is -2.13. The molecule has 2 rings (SSSR count). The summed E-state index contributed by atoms with van der Waals surface area (Å²) in [7, 11) is 0. The van der Waals surface area contributed by atoms with Crippen molar-refractivity contribution < 1.29 is 14.5 Å². The first-order chi connectivity index (χ1) is 10.9. The van der Waals surface area contributed by atoms with Crippen LogP contribution in [0.2, 0.25) is 0 Å². The van der Waals surface area contributed by atoms with Crippen LogP contribution in [-0.2, 0) is 4.79 Å². The standard InChI is InChI=1S/C16H15N3O4/c1-10-3-8-14(19(22)23)9-15(10)18-16(21)12-4-6-13(7-5-12)17-11(2)20/h3-9H,1-2H3,(H,17,20)(H,18,21). The van der Waals surface area contributed by atoms with E-state index in [-0.39, 0.29) is 17.5 Å². The summed E-state index contributed by atoms with van der Waals surface area (Å²) in [6, 6.07) is 10.6. The van der Waals surface area contributed by atoms with E-state index in [1.807, 2.05) is 0 Å². The Bertz CT molecular complexity index is 769. The molecule has 0 heterocycles. The monoisotopic (exact) mass is 313 g/mol. The number of rotatable bonds is 4. The largest absolute Gasteiger partial charge is 0.326 e. The normalized spacial score (nSPS) is 10.0. The number of anilines is 2. The van der Waals surface area contributed by atoms with Gasteiger partial charge in [0.05, 0.1) is 10.6 Å². The number of aryl methyl sites for hydroxylation is 1. The van der Waals surface area contributed by atoms with Crippen LogP contribution >= 0.6 is 0 Å². The molecule has 2 N–H and O–H groups in total. The van der Waals surface area contributed by atoms with Crippen LogP contribution in [0.1, 0.15) is 22.8 Å². The molecule has 0 saturated heterocycles. The smallest absolute Gasteiger partial charge is 0.271 e. The summed E-state index contributed by atoms with van der Waals surface area (Å²) in [4.78, 5) is 33.5. The lowest BCUT2D eigenvalue weighted by molar-refractivity contribution is -0.384. The van der Waals surface area contributed by atoms with E-state index in [9.17, 15) is 19.7 Å². The van der Waals surface area contributed by atoms with Gasteiger partial charge in [0.1, 0.15) is 0 Å². The van der Waals surface area contributed by atoms with Gasteiger partial charge in [0.25, 0.3) is 11.6 Å². The van der Waals surface area contributed by atoms with Gasteiger partial charge in [-0.3, -0.25) is 19.7 Å². The van der Waals surface area contributed by atoms with Crippen molar-refractivity contribution in [3.05, 3.63) is 63.7 Å². The first kappa shape index (κ1) is 16.2. The molecule has 2 aromatic carbocycles. The predicted octanol–water partition coefficient (Wildman–Crippen LogP) is 3.11. The van der Waals surface area contributed by atoms with E-state index >= 15 is 0 Å². The maximum Gasteiger partial charge on any atom is 0.271 e. The average molecular weight is 313 g/mol. The Morgan fingerprint density at radius 3 is 2.26 bits per heavy atom. The average Bonchev–Trinajstić information content (AvgIpc) is 2.49. The number of nitro benzene ring substituents is 1. The fraction of sp³-hybridized carbons (Fsp3) is 0.125. The van der Waals surface area contributed by atoms with Gasteiger partial charge in [0.15, 0.2) is 0 Å². The third kappa shape index (κ3) is 4.13. The molecule has 0 bridgehead atoms. The number of hydrogen-bond donors (Lipinski definition) is 2. The first-order valence-electron chi connectivity index (χ1n) is 6.81. The van der Waals surface area contributed by atoms with Crippen LogP contribution in [0.4, 0.5) is 17.1 Å². The highest BCUT2D eigenvalue weighted by atomic mass is 16.6. The summed E-state index contributed by atoms with van der Waals surface area (Å²) in [6.45, 7) is 3.14. The summed E-state index contributed by atoms with van der Waals surface area (Å²) >= 11 is 0. The molecule has 7 nitrogen and oxygen atoms in total. The van der Waals surface area contributed by atoms with E-state index in [0.717, 1.165) is 5.56 Å². The molecule has 0 aromatic heterocycles. The van der Waals surface area contributed by atoms with E-state index in [1.54, 1.807) is 37.3 Å². The molecule has 0 unspecified atom stereocenters. The quantitative estimate of drug-likeness (QED) is 0.668. The Labute approximate surface area is 132 Å².